The van der Waals surface area contributed by atoms with Gasteiger partial charge in [-0.15, -0.1) is 0 Å². The minimum atomic E-state index is -0.674. The van der Waals surface area contributed by atoms with Crippen LogP contribution in [-0.4, -0.2) is 36.5 Å². The number of hydrogen-bond acceptors (Lipinski definition) is 5. The summed E-state index contributed by atoms with van der Waals surface area (Å²) in [5.41, 5.74) is 1.83. The van der Waals surface area contributed by atoms with Gasteiger partial charge in [0, 0.05) is 25.2 Å². The third kappa shape index (κ3) is 4.06. The summed E-state index contributed by atoms with van der Waals surface area (Å²) in [6, 6.07) is 18.4. The van der Waals surface area contributed by atoms with Crippen LogP contribution in [0.4, 0.5) is 5.69 Å². The van der Waals surface area contributed by atoms with Crippen molar-refractivity contribution < 1.29 is 23.5 Å². The largest absolute Gasteiger partial charge is 0.497 e. The zero-order valence-corrected chi connectivity index (χ0v) is 18.7. The number of β-lactam (4-membered cyclic amide) rings is 1. The Morgan fingerprint density at radius 3 is 2.48 bits per heavy atom. The molecule has 0 radical (unpaired) electrons. The molecule has 2 aliphatic rings. The van der Waals surface area contributed by atoms with Crippen molar-refractivity contribution in [3.05, 3.63) is 77.7 Å². The van der Waals surface area contributed by atoms with Gasteiger partial charge >= 0.3 is 0 Å². The minimum Gasteiger partial charge on any atom is -0.497 e. The summed E-state index contributed by atoms with van der Waals surface area (Å²) in [5.74, 6) is 2.82. The molecule has 0 aliphatic carbocycles. The fourth-order valence-corrected chi connectivity index (χ4v) is 4.46. The second-order valence-electron chi connectivity index (χ2n) is 8.39. The number of methoxy groups -OCH3 is 1. The van der Waals surface area contributed by atoms with Crippen molar-refractivity contribution in [3.63, 3.8) is 0 Å². The fourth-order valence-electron chi connectivity index (χ4n) is 4.46. The van der Waals surface area contributed by atoms with E-state index in [1.165, 1.54) is 0 Å². The molecule has 170 valence electrons. The molecule has 0 saturated carbocycles. The molecule has 7 nitrogen and oxygen atoms in total. The third-order valence-corrected chi connectivity index (χ3v) is 6.17. The van der Waals surface area contributed by atoms with E-state index in [9.17, 15) is 9.59 Å². The first-order chi connectivity index (χ1) is 16.0. The van der Waals surface area contributed by atoms with Crippen molar-refractivity contribution in [2.24, 2.45) is 0 Å². The van der Waals surface area contributed by atoms with Crippen molar-refractivity contribution in [2.75, 3.05) is 18.6 Å². The number of benzene rings is 2. The molecular weight excluding hydrogens is 420 g/mol. The van der Waals surface area contributed by atoms with Gasteiger partial charge in [0.2, 0.25) is 12.0 Å². The Hall–Kier alpha value is -3.74. The van der Waals surface area contributed by atoms with E-state index >= 15 is 0 Å². The maximum absolute atomic E-state index is 13.1. The average molecular weight is 447 g/mol. The summed E-state index contributed by atoms with van der Waals surface area (Å²) in [6.07, 6.45) is 0.782. The molecule has 0 unspecified atom stereocenters. The quantitative estimate of drug-likeness (QED) is 0.507. The highest BCUT2D eigenvalue weighted by Crippen LogP contribution is 2.40. The van der Waals surface area contributed by atoms with Crippen LogP contribution >= 0.6 is 0 Å². The topological polar surface area (TPSA) is 72.2 Å². The van der Waals surface area contributed by atoms with E-state index < -0.39 is 6.10 Å². The van der Waals surface area contributed by atoms with Crippen LogP contribution in [0.1, 0.15) is 36.0 Å². The molecule has 2 aromatic carbocycles. The highest BCUT2D eigenvalue weighted by Gasteiger charge is 2.51. The molecule has 2 saturated heterocycles. The molecule has 33 heavy (non-hydrogen) atoms. The lowest BCUT2D eigenvalue weighted by molar-refractivity contribution is -0.167. The molecule has 0 bridgehead atoms. The molecule has 3 heterocycles. The number of amides is 2. The minimum absolute atomic E-state index is 0.104. The molecule has 2 fully saturated rings. The number of furan rings is 1. The van der Waals surface area contributed by atoms with Gasteiger partial charge in [0.25, 0.3) is 5.91 Å². The summed E-state index contributed by atoms with van der Waals surface area (Å²) in [4.78, 5) is 28.9. The maximum Gasteiger partial charge on any atom is 0.267 e. The summed E-state index contributed by atoms with van der Waals surface area (Å²) in [7, 11) is 1.60. The fraction of sp³-hybridized carbons (Fsp3) is 0.308. The van der Waals surface area contributed by atoms with Crippen LogP contribution in [0.3, 0.4) is 0 Å². The van der Waals surface area contributed by atoms with Gasteiger partial charge in [-0.25, -0.2) is 0 Å². The van der Waals surface area contributed by atoms with Gasteiger partial charge in [0.15, 0.2) is 0 Å². The Kier molecular flexibility index (Phi) is 5.54. The predicted octanol–water partition coefficient (Wildman–Crippen LogP) is 4.25. The number of carbonyl (C=O) groups excluding carboxylic acids is 2. The van der Waals surface area contributed by atoms with Gasteiger partial charge in [-0.3, -0.25) is 9.59 Å². The van der Waals surface area contributed by atoms with E-state index in [1.54, 1.807) is 36.3 Å². The van der Waals surface area contributed by atoms with Crippen LogP contribution in [0.25, 0.3) is 0 Å². The number of rotatable bonds is 7. The SMILES string of the molecule is COc1ccc(O[C@@H]2C(=O)N(Cc3cccc(N4CCCC4=O)c3)[C@H]2c2ccc(C)o2)cc1. The Labute approximate surface area is 192 Å². The molecule has 2 aliphatic heterocycles. The summed E-state index contributed by atoms with van der Waals surface area (Å²) in [5, 5.41) is 0. The van der Waals surface area contributed by atoms with Crippen molar-refractivity contribution in [2.45, 2.75) is 38.5 Å². The lowest BCUT2D eigenvalue weighted by Gasteiger charge is -2.45. The van der Waals surface area contributed by atoms with Crippen LogP contribution in [0.5, 0.6) is 11.5 Å². The Morgan fingerprint density at radius 2 is 1.82 bits per heavy atom. The number of hydrogen-bond donors (Lipinski definition) is 0. The first-order valence-electron chi connectivity index (χ1n) is 11.1. The first kappa shape index (κ1) is 21.1. The summed E-state index contributed by atoms with van der Waals surface area (Å²) < 4.78 is 17.1. The lowest BCUT2D eigenvalue weighted by atomic mass is 9.94. The van der Waals surface area contributed by atoms with E-state index in [0.717, 1.165) is 35.7 Å². The second kappa shape index (κ2) is 8.65. The smallest absolute Gasteiger partial charge is 0.267 e. The normalized spacial score (nSPS) is 20.2. The van der Waals surface area contributed by atoms with Crippen molar-refractivity contribution >= 4 is 17.5 Å². The van der Waals surface area contributed by atoms with Crippen molar-refractivity contribution in [1.29, 1.82) is 0 Å². The van der Waals surface area contributed by atoms with Crippen LogP contribution < -0.4 is 14.4 Å². The molecule has 2 amide bonds. The highest BCUT2D eigenvalue weighted by molar-refractivity contribution is 5.95. The van der Waals surface area contributed by atoms with E-state index in [-0.39, 0.29) is 17.9 Å². The molecule has 0 spiro atoms. The zero-order chi connectivity index (χ0) is 22.9. The van der Waals surface area contributed by atoms with Gasteiger partial charge in [-0.2, -0.15) is 0 Å². The molecule has 3 aromatic rings. The van der Waals surface area contributed by atoms with Crippen LogP contribution in [-0.2, 0) is 16.1 Å². The average Bonchev–Trinajstić information content (AvgIpc) is 3.46. The van der Waals surface area contributed by atoms with Crippen LogP contribution in [0, 0.1) is 6.92 Å². The number of carbonyl (C=O) groups is 2. The number of ether oxygens (including phenoxy) is 2. The molecule has 7 heteroatoms. The Morgan fingerprint density at radius 1 is 1.03 bits per heavy atom. The van der Waals surface area contributed by atoms with Crippen molar-refractivity contribution in [1.82, 2.24) is 4.90 Å². The molecule has 5 rings (SSSR count). The van der Waals surface area contributed by atoms with Gasteiger partial charge in [0.1, 0.15) is 29.1 Å². The molecular formula is C26H26N2O5. The summed E-state index contributed by atoms with van der Waals surface area (Å²) >= 11 is 0. The van der Waals surface area contributed by atoms with Gasteiger partial charge in [0.05, 0.1) is 7.11 Å². The molecule has 1 aromatic heterocycles. The molecule has 0 N–H and O–H groups in total. The van der Waals surface area contributed by atoms with Gasteiger partial charge in [-0.05, 0) is 67.4 Å². The Balaban J connectivity index is 1.37. The van der Waals surface area contributed by atoms with E-state index in [2.05, 4.69) is 0 Å². The van der Waals surface area contributed by atoms with Crippen LogP contribution in [0.2, 0.25) is 0 Å². The number of anilines is 1. The Bertz CT molecular complexity index is 1170. The van der Waals surface area contributed by atoms with E-state index in [4.69, 9.17) is 13.9 Å². The second-order valence-corrected chi connectivity index (χ2v) is 8.39. The maximum atomic E-state index is 13.1. The summed E-state index contributed by atoms with van der Waals surface area (Å²) in [6.45, 7) is 3.02. The monoisotopic (exact) mass is 446 g/mol. The number of nitrogens with zero attached hydrogens (tertiary/aromatic N) is 2. The van der Waals surface area contributed by atoms with Crippen molar-refractivity contribution in [3.8, 4) is 11.5 Å². The van der Waals surface area contributed by atoms with Crippen LogP contribution in [0.15, 0.2) is 65.1 Å². The number of likely N-dealkylation sites (tertiary alicyclic amines) is 1. The van der Waals surface area contributed by atoms with Gasteiger partial charge < -0.3 is 23.7 Å². The lowest BCUT2D eigenvalue weighted by Crippen LogP contribution is -2.60. The van der Waals surface area contributed by atoms with E-state index in [1.807, 2.05) is 48.2 Å². The molecule has 2 atom stereocenters. The van der Waals surface area contributed by atoms with E-state index in [0.29, 0.717) is 24.5 Å². The standard InChI is InChI=1S/C26H26N2O5/c1-17-8-13-22(32-17)24-25(33-21-11-9-20(31-2)10-12-21)26(30)28(24)16-18-5-3-6-19(15-18)27-14-4-7-23(27)29/h3,5-6,8-13,15,24-25H,4,7,14,16H2,1-2H3/t24-,25-/m0/s1. The third-order valence-electron chi connectivity index (χ3n) is 6.17. The first-order valence-corrected chi connectivity index (χ1v) is 11.1. The predicted molar refractivity (Wildman–Crippen MR) is 122 cm³/mol. The number of aryl methyl sites for hydroxylation is 1. The van der Waals surface area contributed by atoms with Gasteiger partial charge in [-0.1, -0.05) is 12.1 Å². The highest BCUT2D eigenvalue weighted by atomic mass is 16.5. The zero-order valence-electron chi connectivity index (χ0n) is 18.7.